The Morgan fingerprint density at radius 1 is 1.17 bits per heavy atom. The summed E-state index contributed by atoms with van der Waals surface area (Å²) in [7, 11) is 0. The molecule has 1 aliphatic rings. The molecule has 0 fully saturated rings. The fourth-order valence-corrected chi connectivity index (χ4v) is 4.07. The SMILES string of the molecule is N#Cc1ccc(CN2C(=O)C(NC(=O)C(N)CS)N=C(c3ccccc3)c3cc(Cl)ccc32)cc1. The largest absolute Gasteiger partial charge is 0.325 e. The number of nitriles is 1. The molecule has 3 aromatic carbocycles. The van der Waals surface area contributed by atoms with E-state index >= 15 is 0 Å². The van der Waals surface area contributed by atoms with E-state index in [1.807, 2.05) is 30.3 Å². The van der Waals surface area contributed by atoms with Crippen molar-refractivity contribution in [3.05, 3.63) is 100 Å². The molecule has 2 amide bonds. The summed E-state index contributed by atoms with van der Waals surface area (Å²) < 4.78 is 0. The van der Waals surface area contributed by atoms with Crippen LogP contribution in [-0.4, -0.2) is 35.5 Å². The number of anilines is 1. The maximum Gasteiger partial charge on any atom is 0.272 e. The molecule has 3 N–H and O–H groups in total. The lowest BCUT2D eigenvalue weighted by Crippen LogP contribution is -2.52. The summed E-state index contributed by atoms with van der Waals surface area (Å²) in [5.74, 6) is -0.840. The lowest BCUT2D eigenvalue weighted by molar-refractivity contribution is -0.127. The van der Waals surface area contributed by atoms with Crippen LogP contribution in [0.2, 0.25) is 5.02 Å². The topological polar surface area (TPSA) is 112 Å². The third kappa shape index (κ3) is 5.38. The van der Waals surface area contributed by atoms with Gasteiger partial charge in [0.2, 0.25) is 12.1 Å². The van der Waals surface area contributed by atoms with Crippen molar-refractivity contribution < 1.29 is 9.59 Å². The lowest BCUT2D eigenvalue weighted by atomic mass is 10.00. The Balaban J connectivity index is 1.85. The molecule has 2 atom stereocenters. The molecule has 1 heterocycles. The first-order valence-electron chi connectivity index (χ1n) is 10.8. The molecule has 4 rings (SSSR count). The van der Waals surface area contributed by atoms with Crippen LogP contribution in [0.15, 0.2) is 77.8 Å². The van der Waals surface area contributed by atoms with Gasteiger partial charge in [0.15, 0.2) is 0 Å². The Bertz CT molecular complexity index is 1320. The first-order chi connectivity index (χ1) is 16.9. The molecule has 0 saturated heterocycles. The smallest absolute Gasteiger partial charge is 0.272 e. The number of carbonyl (C=O) groups excluding carboxylic acids is 2. The molecule has 9 heteroatoms. The summed E-state index contributed by atoms with van der Waals surface area (Å²) in [5.41, 5.74) is 9.70. The first-order valence-corrected chi connectivity index (χ1v) is 11.8. The summed E-state index contributed by atoms with van der Waals surface area (Å²) in [6.45, 7) is 0.196. The number of halogens is 1. The second kappa shape index (κ2) is 10.7. The van der Waals surface area contributed by atoms with E-state index in [0.29, 0.717) is 27.5 Å². The first kappa shape index (κ1) is 24.5. The van der Waals surface area contributed by atoms with E-state index < -0.39 is 24.0 Å². The number of fused-ring (bicyclic) bond motifs is 1. The highest BCUT2D eigenvalue weighted by Gasteiger charge is 2.34. The van der Waals surface area contributed by atoms with E-state index in [1.165, 1.54) is 0 Å². The molecule has 0 bridgehead atoms. The van der Waals surface area contributed by atoms with Crippen molar-refractivity contribution in [2.75, 3.05) is 10.7 Å². The summed E-state index contributed by atoms with van der Waals surface area (Å²) in [4.78, 5) is 32.7. The highest BCUT2D eigenvalue weighted by molar-refractivity contribution is 7.80. The van der Waals surface area contributed by atoms with E-state index in [9.17, 15) is 9.59 Å². The monoisotopic (exact) mass is 503 g/mol. The van der Waals surface area contributed by atoms with Gasteiger partial charge in [-0.15, -0.1) is 0 Å². The number of nitrogens with one attached hydrogen (secondary N) is 1. The number of hydrogen-bond donors (Lipinski definition) is 3. The zero-order chi connectivity index (χ0) is 24.9. The number of hydrogen-bond acceptors (Lipinski definition) is 6. The number of nitrogens with two attached hydrogens (primary N) is 1. The second-order valence-electron chi connectivity index (χ2n) is 7.94. The average molecular weight is 504 g/mol. The lowest BCUT2D eigenvalue weighted by Gasteiger charge is -2.26. The fourth-order valence-electron chi connectivity index (χ4n) is 3.73. The maximum atomic E-state index is 13.8. The molecule has 0 spiro atoms. The van der Waals surface area contributed by atoms with Crippen molar-refractivity contribution in [1.82, 2.24) is 5.32 Å². The van der Waals surface area contributed by atoms with Crippen LogP contribution in [0, 0.1) is 11.3 Å². The van der Waals surface area contributed by atoms with Gasteiger partial charge in [-0.1, -0.05) is 54.1 Å². The third-order valence-corrected chi connectivity index (χ3v) is 6.17. The number of aliphatic imine (C=N–C) groups is 1. The van der Waals surface area contributed by atoms with Crippen molar-refractivity contribution in [2.24, 2.45) is 10.7 Å². The van der Waals surface area contributed by atoms with Gasteiger partial charge >= 0.3 is 0 Å². The zero-order valence-electron chi connectivity index (χ0n) is 18.6. The van der Waals surface area contributed by atoms with Crippen LogP contribution in [0.25, 0.3) is 0 Å². The number of amides is 2. The molecule has 0 aromatic heterocycles. The molecule has 0 radical (unpaired) electrons. The van der Waals surface area contributed by atoms with Gasteiger partial charge in [-0.25, -0.2) is 4.99 Å². The summed E-state index contributed by atoms with van der Waals surface area (Å²) in [5, 5.41) is 12.3. The van der Waals surface area contributed by atoms with Gasteiger partial charge in [-0.3, -0.25) is 9.59 Å². The van der Waals surface area contributed by atoms with Crippen molar-refractivity contribution in [3.63, 3.8) is 0 Å². The minimum absolute atomic E-state index is 0.118. The van der Waals surface area contributed by atoms with E-state index in [-0.39, 0.29) is 12.3 Å². The average Bonchev–Trinajstić information content (AvgIpc) is 2.99. The molecule has 7 nitrogen and oxygen atoms in total. The van der Waals surface area contributed by atoms with E-state index in [2.05, 4.69) is 24.0 Å². The fraction of sp³-hybridized carbons (Fsp3) is 0.154. The molecular weight excluding hydrogens is 482 g/mol. The third-order valence-electron chi connectivity index (χ3n) is 5.55. The Labute approximate surface area is 213 Å². The Morgan fingerprint density at radius 2 is 1.89 bits per heavy atom. The maximum absolute atomic E-state index is 13.8. The Hall–Kier alpha value is -3.64. The summed E-state index contributed by atoms with van der Waals surface area (Å²) in [6, 6.07) is 22.8. The molecular formula is C26H22ClN5O2S. The van der Waals surface area contributed by atoms with Gasteiger partial charge in [0.05, 0.1) is 35.6 Å². The van der Waals surface area contributed by atoms with Gasteiger partial charge in [-0.2, -0.15) is 17.9 Å². The van der Waals surface area contributed by atoms with Crippen molar-refractivity contribution in [3.8, 4) is 6.07 Å². The quantitative estimate of drug-likeness (QED) is 0.448. The minimum Gasteiger partial charge on any atom is -0.325 e. The molecule has 3 aromatic rings. The number of benzene rings is 3. The zero-order valence-corrected chi connectivity index (χ0v) is 20.2. The van der Waals surface area contributed by atoms with Crippen molar-refractivity contribution in [2.45, 2.75) is 18.8 Å². The van der Waals surface area contributed by atoms with E-state index in [1.54, 1.807) is 47.4 Å². The standard InChI is InChI=1S/C26H22ClN5O2S/c27-19-10-11-22-20(12-19)23(18-4-2-1-3-5-18)30-24(31-25(33)21(29)15-35)26(34)32(22)14-17-8-6-16(13-28)7-9-17/h1-12,21,24,35H,14-15,29H2,(H,31,33). The van der Waals surface area contributed by atoms with Gasteiger partial charge in [0, 0.05) is 21.9 Å². The number of rotatable bonds is 6. The van der Waals surface area contributed by atoms with E-state index in [4.69, 9.17) is 27.6 Å². The van der Waals surface area contributed by atoms with Gasteiger partial charge < -0.3 is 16.0 Å². The number of carbonyl (C=O) groups is 2. The van der Waals surface area contributed by atoms with Crippen LogP contribution in [0.5, 0.6) is 0 Å². The number of thiol groups is 1. The van der Waals surface area contributed by atoms with Gasteiger partial charge in [0.25, 0.3) is 5.91 Å². The highest BCUT2D eigenvalue weighted by Crippen LogP contribution is 2.32. The van der Waals surface area contributed by atoms with Crippen LogP contribution >= 0.6 is 24.2 Å². The Kier molecular flexibility index (Phi) is 7.51. The molecule has 35 heavy (non-hydrogen) atoms. The van der Waals surface area contributed by atoms with Crippen molar-refractivity contribution in [1.29, 1.82) is 5.26 Å². The predicted molar refractivity (Wildman–Crippen MR) is 140 cm³/mol. The van der Waals surface area contributed by atoms with Crippen LogP contribution in [0.4, 0.5) is 5.69 Å². The molecule has 2 unspecified atom stereocenters. The van der Waals surface area contributed by atoms with Crippen LogP contribution in [0.3, 0.4) is 0 Å². The van der Waals surface area contributed by atoms with E-state index in [0.717, 1.165) is 11.1 Å². The molecule has 176 valence electrons. The van der Waals surface area contributed by atoms with Crippen LogP contribution in [-0.2, 0) is 16.1 Å². The van der Waals surface area contributed by atoms with Gasteiger partial charge in [0.1, 0.15) is 0 Å². The second-order valence-corrected chi connectivity index (χ2v) is 8.74. The van der Waals surface area contributed by atoms with Gasteiger partial charge in [-0.05, 0) is 35.9 Å². The minimum atomic E-state index is -1.21. The van der Waals surface area contributed by atoms with Crippen molar-refractivity contribution >= 4 is 47.4 Å². The number of benzodiazepines with no additional fused rings is 1. The Morgan fingerprint density at radius 3 is 2.54 bits per heavy atom. The normalized spacial score (nSPS) is 15.9. The summed E-state index contributed by atoms with van der Waals surface area (Å²) >= 11 is 10.4. The summed E-state index contributed by atoms with van der Waals surface area (Å²) in [6.07, 6.45) is -1.21. The van der Waals surface area contributed by atoms with Crippen LogP contribution in [0.1, 0.15) is 22.3 Å². The molecule has 1 aliphatic heterocycles. The number of nitrogens with zero attached hydrogens (tertiary/aromatic N) is 3. The molecule has 0 saturated carbocycles. The predicted octanol–water partition coefficient (Wildman–Crippen LogP) is 3.30. The van der Waals surface area contributed by atoms with Crippen LogP contribution < -0.4 is 16.0 Å². The molecule has 0 aliphatic carbocycles. The highest BCUT2D eigenvalue weighted by atomic mass is 35.5.